The number of hydrogen-bond acceptors (Lipinski definition) is 2. The van der Waals surface area contributed by atoms with E-state index in [1.807, 2.05) is 12.2 Å². The standard InChI is InChI=1S/C64H43N3O/c1-3-48(57(4-2)67-61-30-15-9-22-51(61)52-23-10-16-31-62(52)67)42-32-34-45(35-33-42)65(46-36-38-47(39-37-46)66-59-28-13-7-20-49(59)50-21-8-14-29-60(50)66)58-27-12-11-24-53(58)54-25-17-26-55-56-40-43-18-5-6-19-44(43)41-63(56)68-64(54)55/h3-41H,1-2H2/b57-48-. The lowest BCUT2D eigenvalue weighted by molar-refractivity contribution is 0.670. The van der Waals surface area contributed by atoms with Gasteiger partial charge in [0.2, 0.25) is 0 Å². The summed E-state index contributed by atoms with van der Waals surface area (Å²) in [6.07, 6.45) is 3.90. The van der Waals surface area contributed by atoms with Crippen molar-refractivity contribution in [3.8, 4) is 16.8 Å². The number of nitrogens with zero attached hydrogens (tertiary/aromatic N) is 3. The first-order valence-corrected chi connectivity index (χ1v) is 23.1. The summed E-state index contributed by atoms with van der Waals surface area (Å²) in [5, 5.41) is 9.43. The van der Waals surface area contributed by atoms with E-state index in [0.29, 0.717) is 0 Å². The first-order valence-electron chi connectivity index (χ1n) is 23.1. The lowest BCUT2D eigenvalue weighted by atomic mass is 9.98. The van der Waals surface area contributed by atoms with Crippen molar-refractivity contribution in [3.05, 3.63) is 255 Å². The number of rotatable bonds is 9. The summed E-state index contributed by atoms with van der Waals surface area (Å²) in [4.78, 5) is 2.36. The van der Waals surface area contributed by atoms with E-state index in [1.165, 1.54) is 38.0 Å². The van der Waals surface area contributed by atoms with Gasteiger partial charge in [0.25, 0.3) is 0 Å². The molecule has 4 heteroatoms. The molecule has 68 heavy (non-hydrogen) atoms. The van der Waals surface area contributed by atoms with Gasteiger partial charge in [0, 0.05) is 66.1 Å². The minimum Gasteiger partial charge on any atom is -0.455 e. The van der Waals surface area contributed by atoms with Crippen LogP contribution in [0.3, 0.4) is 0 Å². The van der Waals surface area contributed by atoms with Crippen molar-refractivity contribution in [2.75, 3.05) is 4.90 Å². The number of allylic oxidation sites excluding steroid dienone is 4. The van der Waals surface area contributed by atoms with Crippen molar-refractivity contribution in [2.45, 2.75) is 0 Å². The van der Waals surface area contributed by atoms with Crippen LogP contribution in [-0.4, -0.2) is 9.13 Å². The zero-order chi connectivity index (χ0) is 45.3. The normalized spacial score (nSPS) is 12.2. The van der Waals surface area contributed by atoms with E-state index in [9.17, 15) is 0 Å². The molecule has 320 valence electrons. The fourth-order valence-corrected chi connectivity index (χ4v) is 10.6. The van der Waals surface area contributed by atoms with E-state index < -0.39 is 0 Å². The molecule has 0 bridgehead atoms. The molecular weight excluding hydrogens is 827 g/mol. The maximum absolute atomic E-state index is 6.85. The molecule has 0 aliphatic rings. The highest BCUT2D eigenvalue weighted by atomic mass is 16.3. The van der Waals surface area contributed by atoms with Gasteiger partial charge in [-0.1, -0.05) is 165 Å². The molecule has 3 aromatic heterocycles. The van der Waals surface area contributed by atoms with Crippen molar-refractivity contribution in [1.82, 2.24) is 9.13 Å². The fourth-order valence-electron chi connectivity index (χ4n) is 10.6. The molecule has 0 N–H and O–H groups in total. The van der Waals surface area contributed by atoms with E-state index in [-0.39, 0.29) is 0 Å². The third-order valence-corrected chi connectivity index (χ3v) is 13.7. The summed E-state index contributed by atoms with van der Waals surface area (Å²) >= 11 is 0. The Balaban J connectivity index is 0.989. The van der Waals surface area contributed by atoms with Gasteiger partial charge < -0.3 is 18.5 Å². The number of benzene rings is 10. The Hall–Kier alpha value is -9.12. The van der Waals surface area contributed by atoms with E-state index in [1.54, 1.807) is 0 Å². The Bertz CT molecular complexity index is 4070. The van der Waals surface area contributed by atoms with Crippen LogP contribution in [0.25, 0.3) is 104 Å². The molecule has 0 aliphatic heterocycles. The van der Waals surface area contributed by atoms with E-state index in [4.69, 9.17) is 4.42 Å². The molecule has 10 aromatic carbocycles. The number of para-hydroxylation sites is 6. The van der Waals surface area contributed by atoms with Gasteiger partial charge in [0.05, 0.1) is 33.5 Å². The first-order chi connectivity index (χ1) is 33.7. The average molecular weight is 870 g/mol. The molecule has 13 rings (SSSR count). The summed E-state index contributed by atoms with van der Waals surface area (Å²) in [7, 11) is 0. The maximum Gasteiger partial charge on any atom is 0.143 e. The van der Waals surface area contributed by atoms with Gasteiger partial charge in [-0.05, 0) is 101 Å². The highest BCUT2D eigenvalue weighted by Crippen LogP contribution is 2.46. The van der Waals surface area contributed by atoms with Gasteiger partial charge in [0.1, 0.15) is 11.2 Å². The molecule has 0 amide bonds. The number of furan rings is 1. The molecule has 13 aromatic rings. The second kappa shape index (κ2) is 15.8. The fraction of sp³-hybridized carbons (Fsp3) is 0. The lowest BCUT2D eigenvalue weighted by Gasteiger charge is -2.28. The van der Waals surface area contributed by atoms with E-state index in [0.717, 1.165) is 89.1 Å². The van der Waals surface area contributed by atoms with Gasteiger partial charge in [-0.2, -0.15) is 0 Å². The first kappa shape index (κ1) is 39.3. The SMILES string of the molecule is C=C/C(=C(\C=C)n1c2ccccc2c2ccccc21)c1ccc(N(c2ccc(-n3c4ccccc4c4ccccc43)cc2)c2ccccc2-c2cccc3c2oc2cc4ccccc4cc23)cc1. The minimum atomic E-state index is 0.866. The zero-order valence-electron chi connectivity index (χ0n) is 37.2. The number of fused-ring (bicyclic) bond motifs is 10. The van der Waals surface area contributed by atoms with Crippen molar-refractivity contribution in [2.24, 2.45) is 0 Å². The quantitative estimate of drug-likeness (QED) is 0.135. The summed E-state index contributed by atoms with van der Waals surface area (Å²) in [5.74, 6) is 0. The number of anilines is 3. The molecule has 0 saturated heterocycles. The second-order valence-electron chi connectivity index (χ2n) is 17.3. The molecule has 0 unspecified atom stereocenters. The molecule has 3 heterocycles. The zero-order valence-corrected chi connectivity index (χ0v) is 37.2. The predicted octanol–water partition coefficient (Wildman–Crippen LogP) is 17.8. The molecule has 0 saturated carbocycles. The summed E-state index contributed by atoms with van der Waals surface area (Å²) in [6.45, 7) is 8.71. The highest BCUT2D eigenvalue weighted by molar-refractivity contribution is 6.15. The summed E-state index contributed by atoms with van der Waals surface area (Å²) in [6, 6.07) is 80.3. The molecule has 0 spiro atoms. The Morgan fingerprint density at radius 3 is 1.54 bits per heavy atom. The molecule has 0 atom stereocenters. The van der Waals surface area contributed by atoms with Gasteiger partial charge in [0.15, 0.2) is 0 Å². The summed E-state index contributed by atoms with van der Waals surface area (Å²) < 4.78 is 11.5. The van der Waals surface area contributed by atoms with Gasteiger partial charge >= 0.3 is 0 Å². The predicted molar refractivity (Wildman–Crippen MR) is 289 cm³/mol. The largest absolute Gasteiger partial charge is 0.455 e. The molecule has 0 fully saturated rings. The second-order valence-corrected chi connectivity index (χ2v) is 17.3. The molecular formula is C64H43N3O. The van der Waals surface area contributed by atoms with Crippen molar-refractivity contribution >= 4 is 105 Å². The Kier molecular flexibility index (Phi) is 9.12. The molecule has 0 radical (unpaired) electrons. The third kappa shape index (κ3) is 6.08. The smallest absolute Gasteiger partial charge is 0.143 e. The van der Waals surface area contributed by atoms with Crippen LogP contribution in [0.5, 0.6) is 0 Å². The highest BCUT2D eigenvalue weighted by Gasteiger charge is 2.22. The van der Waals surface area contributed by atoms with E-state index >= 15 is 0 Å². The van der Waals surface area contributed by atoms with Gasteiger partial charge in [-0.15, -0.1) is 0 Å². The van der Waals surface area contributed by atoms with Crippen molar-refractivity contribution < 1.29 is 4.42 Å². The maximum atomic E-state index is 6.85. The van der Waals surface area contributed by atoms with Crippen LogP contribution in [0.2, 0.25) is 0 Å². The number of aromatic nitrogens is 2. The van der Waals surface area contributed by atoms with Crippen LogP contribution in [0.1, 0.15) is 5.56 Å². The lowest BCUT2D eigenvalue weighted by Crippen LogP contribution is -2.11. The monoisotopic (exact) mass is 869 g/mol. The molecule has 4 nitrogen and oxygen atoms in total. The minimum absolute atomic E-state index is 0.866. The Labute approximate surface area is 393 Å². The van der Waals surface area contributed by atoms with Crippen molar-refractivity contribution in [1.29, 1.82) is 0 Å². The van der Waals surface area contributed by atoms with E-state index in [2.05, 4.69) is 252 Å². The van der Waals surface area contributed by atoms with Crippen LogP contribution in [-0.2, 0) is 0 Å². The Morgan fingerprint density at radius 1 is 0.426 bits per heavy atom. The Morgan fingerprint density at radius 2 is 0.926 bits per heavy atom. The van der Waals surface area contributed by atoms with Crippen LogP contribution in [0.4, 0.5) is 17.1 Å². The van der Waals surface area contributed by atoms with Gasteiger partial charge in [-0.3, -0.25) is 0 Å². The van der Waals surface area contributed by atoms with Crippen LogP contribution in [0, 0.1) is 0 Å². The van der Waals surface area contributed by atoms with Crippen LogP contribution >= 0.6 is 0 Å². The number of hydrogen-bond donors (Lipinski definition) is 0. The third-order valence-electron chi connectivity index (χ3n) is 13.7. The molecule has 0 aliphatic carbocycles. The van der Waals surface area contributed by atoms with Crippen molar-refractivity contribution in [3.63, 3.8) is 0 Å². The topological polar surface area (TPSA) is 26.2 Å². The van der Waals surface area contributed by atoms with Gasteiger partial charge in [-0.25, -0.2) is 0 Å². The van der Waals surface area contributed by atoms with Crippen LogP contribution < -0.4 is 4.90 Å². The summed E-state index contributed by atoms with van der Waals surface area (Å²) in [5.41, 5.74) is 15.6. The van der Waals surface area contributed by atoms with Crippen LogP contribution in [0.15, 0.2) is 254 Å². The average Bonchev–Trinajstić information content (AvgIpc) is 4.05.